The van der Waals surface area contributed by atoms with Gasteiger partial charge in [-0.25, -0.2) is 9.97 Å². The Morgan fingerprint density at radius 3 is 1.93 bits per heavy atom. The quantitative estimate of drug-likeness (QED) is 0.146. The van der Waals surface area contributed by atoms with Crippen molar-refractivity contribution in [2.75, 3.05) is 0 Å². The van der Waals surface area contributed by atoms with Gasteiger partial charge in [0.2, 0.25) is 0 Å². The molecular formula is C34H34FeN4O4S2. The normalized spacial score (nSPS) is 13.6. The summed E-state index contributed by atoms with van der Waals surface area (Å²) in [5, 5.41) is 18.9. The average Bonchev–Trinajstić information content (AvgIpc) is 3.59. The van der Waals surface area contributed by atoms with Crippen LogP contribution in [0.4, 0.5) is 0 Å². The van der Waals surface area contributed by atoms with Crippen LogP contribution in [0.3, 0.4) is 0 Å². The van der Waals surface area contributed by atoms with Crippen LogP contribution in [0.25, 0.3) is 49.3 Å². The van der Waals surface area contributed by atoms with E-state index in [0.29, 0.717) is 32.8 Å². The van der Waals surface area contributed by atoms with E-state index in [0.717, 1.165) is 61.5 Å². The van der Waals surface area contributed by atoms with E-state index in [-0.39, 0.29) is 48.0 Å². The maximum Gasteiger partial charge on any atom is 2.00 e. The molecule has 2 aliphatic rings. The minimum Gasteiger partial charge on any atom is -0.657 e. The maximum absolute atomic E-state index is 11.6. The Hall–Kier alpha value is -3.50. The number of rotatable bonds is 8. The van der Waals surface area contributed by atoms with Crippen molar-refractivity contribution < 1.29 is 36.9 Å². The van der Waals surface area contributed by atoms with Crippen LogP contribution >= 0.6 is 25.3 Å². The van der Waals surface area contributed by atoms with Gasteiger partial charge >= 0.3 is 29.0 Å². The molecule has 234 valence electrons. The summed E-state index contributed by atoms with van der Waals surface area (Å²) in [4.78, 5) is 43.6. The minimum atomic E-state index is -0.907. The zero-order chi connectivity index (χ0) is 32.0. The summed E-state index contributed by atoms with van der Waals surface area (Å²) < 4.78 is 0. The molecule has 0 spiro atoms. The van der Waals surface area contributed by atoms with Gasteiger partial charge in [-0.1, -0.05) is 47.5 Å². The van der Waals surface area contributed by atoms with Crippen molar-refractivity contribution in [1.29, 1.82) is 0 Å². The van der Waals surface area contributed by atoms with Crippen LogP contribution in [0, 0.1) is 13.8 Å². The third-order valence-electron chi connectivity index (χ3n) is 8.31. The zero-order valence-electron chi connectivity index (χ0n) is 25.7. The number of aromatic nitrogens is 4. The second kappa shape index (κ2) is 13.5. The Balaban J connectivity index is 0.00000461. The van der Waals surface area contributed by atoms with Crippen molar-refractivity contribution in [3.05, 3.63) is 75.9 Å². The number of carboxylic acids is 2. The fourth-order valence-electron chi connectivity index (χ4n) is 5.97. The predicted octanol–water partition coefficient (Wildman–Crippen LogP) is 7.15. The molecule has 0 saturated carbocycles. The Morgan fingerprint density at radius 2 is 1.31 bits per heavy atom. The van der Waals surface area contributed by atoms with E-state index in [1.165, 1.54) is 0 Å². The molecule has 45 heavy (non-hydrogen) atoms. The van der Waals surface area contributed by atoms with Gasteiger partial charge in [0.1, 0.15) is 0 Å². The molecule has 2 N–H and O–H groups in total. The average molecular weight is 683 g/mol. The first-order valence-corrected chi connectivity index (χ1v) is 15.3. The van der Waals surface area contributed by atoms with E-state index in [4.69, 9.17) is 32.6 Å². The monoisotopic (exact) mass is 682 g/mol. The smallest absolute Gasteiger partial charge is 0.657 e. The van der Waals surface area contributed by atoms with Crippen molar-refractivity contribution in [2.24, 2.45) is 0 Å². The van der Waals surface area contributed by atoms with E-state index in [2.05, 4.69) is 19.2 Å². The summed E-state index contributed by atoms with van der Waals surface area (Å²) in [7, 11) is 0. The van der Waals surface area contributed by atoms with Crippen LogP contribution in [0.1, 0.15) is 85.1 Å². The molecule has 0 unspecified atom stereocenters. The summed E-state index contributed by atoms with van der Waals surface area (Å²) in [5.74, 6) is -1.81. The fourth-order valence-corrected chi connectivity index (χ4v) is 6.58. The van der Waals surface area contributed by atoms with Gasteiger partial charge in [-0.05, 0) is 75.3 Å². The van der Waals surface area contributed by atoms with Crippen LogP contribution in [0.2, 0.25) is 0 Å². The zero-order valence-corrected chi connectivity index (χ0v) is 28.6. The molecule has 0 saturated heterocycles. The summed E-state index contributed by atoms with van der Waals surface area (Å²) in [5.41, 5.74) is 12.4. The Morgan fingerprint density at radius 1 is 0.800 bits per heavy atom. The molecule has 5 heterocycles. The molecule has 5 rings (SSSR count). The summed E-state index contributed by atoms with van der Waals surface area (Å²) in [6, 6.07) is 7.62. The first-order chi connectivity index (χ1) is 20.8. The number of aliphatic carboxylic acids is 2. The van der Waals surface area contributed by atoms with Crippen LogP contribution in [-0.2, 0) is 33.1 Å². The first kappa shape index (κ1) is 34.4. The number of nitrogens with zero attached hydrogens (tertiary/aromatic N) is 4. The van der Waals surface area contributed by atoms with Crippen molar-refractivity contribution in [2.45, 2.75) is 65.6 Å². The van der Waals surface area contributed by atoms with E-state index in [1.807, 2.05) is 58.9 Å². The van der Waals surface area contributed by atoms with Gasteiger partial charge in [0.15, 0.2) is 0 Å². The predicted molar refractivity (Wildman–Crippen MR) is 183 cm³/mol. The summed E-state index contributed by atoms with van der Waals surface area (Å²) >= 11 is 9.37. The molecule has 0 radical (unpaired) electrons. The van der Waals surface area contributed by atoms with Gasteiger partial charge in [0.05, 0.1) is 22.8 Å². The topological polar surface area (TPSA) is 129 Å². The summed E-state index contributed by atoms with van der Waals surface area (Å²) in [6.07, 6.45) is 0.445. The number of hydrogen-bond donors (Lipinski definition) is 4. The van der Waals surface area contributed by atoms with E-state index >= 15 is 0 Å². The Kier molecular flexibility index (Phi) is 10.3. The number of carbonyl (C=O) groups is 2. The van der Waals surface area contributed by atoms with Gasteiger partial charge in [-0.3, -0.25) is 9.59 Å². The molecule has 8 nitrogen and oxygen atoms in total. The van der Waals surface area contributed by atoms with E-state index < -0.39 is 11.9 Å². The molecule has 3 aromatic rings. The molecular weight excluding hydrogens is 648 g/mol. The van der Waals surface area contributed by atoms with Crippen LogP contribution in [0.15, 0.2) is 30.8 Å². The maximum atomic E-state index is 11.6. The molecule has 0 fully saturated rings. The number of hydrogen-bond acceptors (Lipinski definition) is 6. The Bertz CT molecular complexity index is 1980. The Labute approximate surface area is 283 Å². The third kappa shape index (κ3) is 6.72. The van der Waals surface area contributed by atoms with E-state index in [1.54, 1.807) is 0 Å². The number of fused-ring (bicyclic) bond motifs is 8. The molecule has 0 aliphatic carbocycles. The van der Waals surface area contributed by atoms with Crippen molar-refractivity contribution in [3.8, 4) is 0 Å². The number of carboxylic acid groups (broad SMARTS) is 2. The number of thiol groups is 2. The molecule has 2 aliphatic heterocycles. The first-order valence-electron chi connectivity index (χ1n) is 14.3. The van der Waals surface area contributed by atoms with E-state index in [9.17, 15) is 19.8 Å². The molecule has 1 atom stereocenters. The van der Waals surface area contributed by atoms with Crippen molar-refractivity contribution >= 4 is 86.5 Å². The second-order valence-electron chi connectivity index (χ2n) is 11.3. The molecule has 8 bridgehead atoms. The standard InChI is InChI=1S/C34H36N4O4S2.Fe/c1-15-21(7-9-31(39)40)27-14-28-22(8-10-32(41)42)16(2)24(36-28)12-29-34(20(6)44)18(4)26(38-29)13-30-33(19(5)43)17(3)25(37-30)11-23(15)35-27;/h11-14,19H,6-10H2,1-5H3,(H6,35,36,37,38,39,40,41,42,43,44);/q;+2/p-2/t19-;/m0./s1. The third-order valence-corrected chi connectivity index (χ3v) is 8.79. The minimum absolute atomic E-state index is 0. The largest absolute Gasteiger partial charge is 2.00 e. The SMILES string of the molecule is C=C(S)c1c(C)c2cc3nc(cc4[n-]c(cc5nc(cc1[n-]2)C(C)=C5CCC(=O)O)c(CCC(=O)O)c4C)C(C)=C3[C@H](C)S.[Fe+2]. The van der Waals surface area contributed by atoms with Gasteiger partial charge in [-0.15, -0.1) is 34.7 Å². The molecule has 11 heteroatoms. The van der Waals surface area contributed by atoms with Crippen LogP contribution < -0.4 is 9.97 Å². The van der Waals surface area contributed by atoms with Crippen LogP contribution in [0.5, 0.6) is 0 Å². The molecule has 3 aromatic heterocycles. The van der Waals surface area contributed by atoms with Crippen LogP contribution in [-0.4, -0.2) is 37.4 Å². The van der Waals surface area contributed by atoms with Gasteiger partial charge in [-0.2, -0.15) is 12.6 Å². The number of allylic oxidation sites excluding steroid dienone is 3. The second-order valence-corrected chi connectivity index (χ2v) is 12.6. The van der Waals surface area contributed by atoms with Gasteiger partial charge in [0, 0.05) is 23.0 Å². The van der Waals surface area contributed by atoms with Gasteiger partial charge < -0.3 is 20.2 Å². The van der Waals surface area contributed by atoms with Crippen molar-refractivity contribution in [1.82, 2.24) is 19.9 Å². The number of aryl methyl sites for hydroxylation is 3. The fraction of sp³-hybridized carbons (Fsp3) is 0.294. The summed E-state index contributed by atoms with van der Waals surface area (Å²) in [6.45, 7) is 14.0. The van der Waals surface area contributed by atoms with Gasteiger partial charge in [0.25, 0.3) is 0 Å². The van der Waals surface area contributed by atoms with Crippen molar-refractivity contribution in [3.63, 3.8) is 0 Å². The molecule has 0 amide bonds. The molecule has 0 aromatic carbocycles.